The summed E-state index contributed by atoms with van der Waals surface area (Å²) >= 11 is 0.214. The van der Waals surface area contributed by atoms with E-state index in [2.05, 4.69) is 97.9 Å². The van der Waals surface area contributed by atoms with E-state index in [0.717, 1.165) is 33.5 Å². The van der Waals surface area contributed by atoms with E-state index in [-0.39, 0.29) is 59.5 Å². The molecular weight excluding hydrogens is 999 g/mol. The number of rotatable bonds is 18. The molecule has 0 aromatic heterocycles. The summed E-state index contributed by atoms with van der Waals surface area (Å²) in [5.41, 5.74) is 8.70. The molecule has 0 radical (unpaired) electrons. The van der Waals surface area contributed by atoms with E-state index in [1.165, 1.54) is 33.0 Å². The van der Waals surface area contributed by atoms with Crippen LogP contribution in [0.1, 0.15) is 136 Å². The fraction of sp³-hybridized carbons (Fsp3) is 0.316. The first kappa shape index (κ1) is 53.5. The van der Waals surface area contributed by atoms with Crippen molar-refractivity contribution in [2.24, 2.45) is 0 Å². The van der Waals surface area contributed by atoms with Gasteiger partial charge in [0.05, 0.1) is 22.8 Å². The van der Waals surface area contributed by atoms with Crippen LogP contribution in [0, 0.1) is 23.3 Å². The molecule has 6 aromatic rings. The minimum absolute atomic E-state index is 0.00629. The van der Waals surface area contributed by atoms with Gasteiger partial charge in [-0.05, 0) is 105 Å². The Labute approximate surface area is 428 Å². The van der Waals surface area contributed by atoms with Crippen molar-refractivity contribution in [3.8, 4) is 11.5 Å². The molecule has 2 aliphatic heterocycles. The predicted octanol–water partition coefficient (Wildman–Crippen LogP) is 11.6. The maximum atomic E-state index is 15.7. The second-order valence-corrected chi connectivity index (χ2v) is 24.1. The number of thioether (sulfide) groups is 1. The highest BCUT2D eigenvalue weighted by molar-refractivity contribution is 8.04. The van der Waals surface area contributed by atoms with Gasteiger partial charge in [-0.25, -0.2) is 34.4 Å². The highest BCUT2D eigenvalue weighted by Gasteiger charge is 2.38. The van der Waals surface area contributed by atoms with E-state index >= 15 is 17.6 Å². The molecule has 9 nitrogen and oxygen atoms in total. The molecule has 0 saturated carbocycles. The SMILES string of the molecule is CC(C)c1cccc(C(C)C)c1/C=c1\ccc2c(c1)Oc1cc(Cc3c(C(C)C)cccc3C(C)C)ccc1C=2c1ccccc1S(=O)(=O)NS(=O)(=O)c1c(F)c(F)c(SCCC(=O)OCC2CO2)c(F)c1F. The maximum absolute atomic E-state index is 15.7. The van der Waals surface area contributed by atoms with Gasteiger partial charge in [0.25, 0.3) is 20.0 Å². The zero-order valence-electron chi connectivity index (χ0n) is 41.7. The van der Waals surface area contributed by atoms with Gasteiger partial charge in [-0.3, -0.25) is 4.79 Å². The highest BCUT2D eigenvalue weighted by Crippen LogP contribution is 2.41. The smallest absolute Gasteiger partial charge is 0.306 e. The average molecular weight is 1060 g/mol. The Morgan fingerprint density at radius 1 is 0.699 bits per heavy atom. The monoisotopic (exact) mass is 1060 g/mol. The van der Waals surface area contributed by atoms with E-state index in [9.17, 15) is 21.6 Å². The molecule has 1 fully saturated rings. The molecule has 6 aromatic carbocycles. The number of ether oxygens (including phenoxy) is 3. The van der Waals surface area contributed by atoms with Gasteiger partial charge in [0.2, 0.25) is 0 Å². The lowest BCUT2D eigenvalue weighted by molar-refractivity contribution is -0.143. The second-order valence-electron chi connectivity index (χ2n) is 19.5. The van der Waals surface area contributed by atoms with Gasteiger partial charge in [0.1, 0.15) is 24.2 Å². The van der Waals surface area contributed by atoms with Gasteiger partial charge in [-0.1, -0.05) is 128 Å². The highest BCUT2D eigenvalue weighted by atomic mass is 32.3. The Kier molecular flexibility index (Phi) is 15.8. The third kappa shape index (κ3) is 11.3. The molecule has 0 aliphatic carbocycles. The Hall–Kier alpha value is -5.78. The number of fused-ring (bicyclic) bond motifs is 2. The second kappa shape index (κ2) is 21.6. The van der Waals surface area contributed by atoms with Crippen molar-refractivity contribution < 1.29 is 53.4 Å². The van der Waals surface area contributed by atoms with E-state index in [0.29, 0.717) is 40.9 Å². The molecule has 8 rings (SSSR count). The van der Waals surface area contributed by atoms with Crippen LogP contribution in [0.2, 0.25) is 0 Å². The number of nitrogens with one attached hydrogen (secondary N) is 1. The van der Waals surface area contributed by atoms with Crippen molar-refractivity contribution >= 4 is 49.4 Å². The van der Waals surface area contributed by atoms with Crippen molar-refractivity contribution in [2.75, 3.05) is 19.0 Å². The average Bonchev–Trinajstić information content (AvgIpc) is 4.17. The van der Waals surface area contributed by atoms with E-state index in [1.54, 1.807) is 12.1 Å². The summed E-state index contributed by atoms with van der Waals surface area (Å²) in [6.45, 7) is 17.5. The fourth-order valence-corrected chi connectivity index (χ4v) is 13.4. The molecule has 16 heteroatoms. The number of esters is 1. The van der Waals surface area contributed by atoms with Crippen molar-refractivity contribution in [1.82, 2.24) is 4.13 Å². The molecule has 1 N–H and O–H groups in total. The largest absolute Gasteiger partial charge is 0.463 e. The van der Waals surface area contributed by atoms with Gasteiger partial charge in [0, 0.05) is 27.7 Å². The fourth-order valence-electron chi connectivity index (χ4n) is 9.25. The zero-order chi connectivity index (χ0) is 52.7. The first-order chi connectivity index (χ1) is 34.6. The number of epoxide rings is 1. The van der Waals surface area contributed by atoms with Crippen LogP contribution in [0.5, 0.6) is 11.5 Å². The van der Waals surface area contributed by atoms with Crippen LogP contribution in [0.25, 0.3) is 11.6 Å². The summed E-state index contributed by atoms with van der Waals surface area (Å²) in [5, 5.41) is 1.25. The molecule has 73 heavy (non-hydrogen) atoms. The van der Waals surface area contributed by atoms with E-state index in [4.69, 9.17) is 14.2 Å². The van der Waals surface area contributed by atoms with Crippen molar-refractivity contribution in [3.05, 3.63) is 181 Å². The lowest BCUT2D eigenvalue weighted by Gasteiger charge is -2.24. The number of carbonyl (C=O) groups is 1. The molecule has 384 valence electrons. The minimum Gasteiger partial charge on any atom is -0.463 e. The number of sulfonamides is 2. The maximum Gasteiger partial charge on any atom is 0.306 e. The molecule has 1 unspecified atom stereocenters. The van der Waals surface area contributed by atoms with Gasteiger partial charge in [0.15, 0.2) is 28.2 Å². The summed E-state index contributed by atoms with van der Waals surface area (Å²) in [7, 11) is -11.3. The van der Waals surface area contributed by atoms with Crippen LogP contribution in [0.3, 0.4) is 0 Å². The molecule has 2 aliphatic rings. The third-order valence-corrected chi connectivity index (χ3v) is 17.6. The number of halogens is 4. The molecule has 0 spiro atoms. The lowest BCUT2D eigenvalue weighted by atomic mass is 9.85. The predicted molar refractivity (Wildman–Crippen MR) is 276 cm³/mol. The molecule has 1 atom stereocenters. The standard InChI is InChI=1S/C57H57F4NO8S3/c1-31(2)38-14-11-15-39(32(3)4)45(38)25-35-19-21-42-47(27-35)70-48-28-36(26-46-40(33(5)6)16-12-17-41(46)34(7)8)20-22-43(48)51(42)44-13-9-10-18-49(44)72(64,65)62-73(66,67)57-54(60)52(58)56(53(59)55(57)61)71-24-23-50(63)69-30-37-29-68-37/h9-22,25,27-28,31-34,37,62H,23-24,26,29-30H2,1-8H3/b35-25+. The lowest BCUT2D eigenvalue weighted by Crippen LogP contribution is -2.33. The first-order valence-electron chi connectivity index (χ1n) is 24.1. The molecule has 2 heterocycles. The van der Waals surface area contributed by atoms with E-state index in [1.807, 2.05) is 30.3 Å². The van der Waals surface area contributed by atoms with Crippen LogP contribution >= 0.6 is 11.8 Å². The zero-order valence-corrected chi connectivity index (χ0v) is 44.2. The van der Waals surface area contributed by atoms with Crippen LogP contribution in [0.4, 0.5) is 17.6 Å². The number of benzene rings is 6. The Morgan fingerprint density at radius 3 is 1.88 bits per heavy atom. The van der Waals surface area contributed by atoms with Gasteiger partial charge < -0.3 is 14.2 Å². The van der Waals surface area contributed by atoms with Crippen LogP contribution in [0.15, 0.2) is 112 Å². The third-order valence-electron chi connectivity index (χ3n) is 12.9. The summed E-state index contributed by atoms with van der Waals surface area (Å²) < 4.78 is 137. The van der Waals surface area contributed by atoms with Crippen molar-refractivity contribution in [2.45, 2.75) is 113 Å². The molecule has 0 amide bonds. The van der Waals surface area contributed by atoms with E-state index < -0.39 is 70.4 Å². The summed E-state index contributed by atoms with van der Waals surface area (Å²) in [4.78, 5) is 7.99. The minimum atomic E-state index is -5.91. The van der Waals surface area contributed by atoms with Crippen LogP contribution in [-0.4, -0.2) is 47.9 Å². The quantitative estimate of drug-likeness (QED) is 0.0294. The molecule has 1 saturated heterocycles. The normalized spacial score (nSPS) is 14.8. The van der Waals surface area contributed by atoms with Crippen molar-refractivity contribution in [1.29, 1.82) is 0 Å². The number of carbonyl (C=O) groups excluding carboxylic acids is 1. The van der Waals surface area contributed by atoms with Gasteiger partial charge >= 0.3 is 5.97 Å². The summed E-state index contributed by atoms with van der Waals surface area (Å²) in [5.74, 6) is -8.39. The molecule has 0 bridgehead atoms. The number of hydrogen-bond donors (Lipinski definition) is 1. The van der Waals surface area contributed by atoms with Gasteiger partial charge in [-0.15, -0.1) is 15.9 Å². The summed E-state index contributed by atoms with van der Waals surface area (Å²) in [6, 6.07) is 29.3. The molecular formula is C57H57F4NO8S3. The van der Waals surface area contributed by atoms with Gasteiger partial charge in [-0.2, -0.15) is 0 Å². The topological polar surface area (TPSA) is 128 Å². The van der Waals surface area contributed by atoms with Crippen LogP contribution < -0.4 is 19.3 Å². The first-order valence-corrected chi connectivity index (χ1v) is 28.1. The van der Waals surface area contributed by atoms with Crippen molar-refractivity contribution in [3.63, 3.8) is 0 Å². The Bertz CT molecular complexity index is 3420. The number of hydrogen-bond acceptors (Lipinski definition) is 9. The van der Waals surface area contributed by atoms with Crippen LogP contribution in [-0.2, 0) is 40.7 Å². The summed E-state index contributed by atoms with van der Waals surface area (Å²) in [6.07, 6.45) is 2.01. The Morgan fingerprint density at radius 2 is 1.29 bits per heavy atom. The Balaban J connectivity index is 1.23.